The topological polar surface area (TPSA) is 175 Å². The fourth-order valence-electron chi connectivity index (χ4n) is 9.44. The fourth-order valence-corrected chi connectivity index (χ4v) is 9.44. The molecule has 0 spiro atoms. The molecule has 0 bridgehead atoms. The van der Waals surface area contributed by atoms with Gasteiger partial charge < -0.3 is 39.0 Å². The van der Waals surface area contributed by atoms with Gasteiger partial charge in [0.2, 0.25) is 0 Å². The van der Waals surface area contributed by atoms with E-state index in [1.165, 1.54) is 116 Å². The molecule has 1 aliphatic heterocycles. The minimum atomic E-state index is -1.91. The van der Waals surface area contributed by atoms with E-state index in [0.717, 1.165) is 103 Å². The second kappa shape index (κ2) is 56.4. The van der Waals surface area contributed by atoms with Gasteiger partial charge in [0.1, 0.15) is 18.8 Å². The molecular weight excluding hydrogens is 1020 g/mol. The van der Waals surface area contributed by atoms with Crippen LogP contribution >= 0.6 is 0 Å². The number of carboxylic acids is 1. The Morgan fingerprint density at radius 3 is 1.25 bits per heavy atom. The van der Waals surface area contributed by atoms with Crippen molar-refractivity contribution in [1.82, 2.24) is 0 Å². The Bertz CT molecular complexity index is 1730. The Morgan fingerprint density at radius 1 is 0.420 bits per heavy atom. The van der Waals surface area contributed by atoms with Gasteiger partial charge in [-0.25, -0.2) is 4.79 Å². The maximum Gasteiger partial charge on any atom is 0.335 e. The van der Waals surface area contributed by atoms with Gasteiger partial charge in [0.15, 0.2) is 24.6 Å². The number of hydrogen-bond acceptors (Lipinski definition) is 11. The highest BCUT2D eigenvalue weighted by Gasteiger charge is 2.50. The molecule has 1 heterocycles. The number of ether oxygens (including phenoxy) is 5. The smallest absolute Gasteiger partial charge is 0.335 e. The first-order valence-electron chi connectivity index (χ1n) is 32.6. The quantitative estimate of drug-likeness (QED) is 0.0228. The zero-order valence-corrected chi connectivity index (χ0v) is 51.3. The molecule has 0 saturated carbocycles. The SMILES string of the molecule is CC/C=C\C/C=C\C/C=C\C/C=C\CCCCC(=O)OC(COC(=O)CCCCCCCCC/C=C\CCCCCCCC)COC1OC(C(=O)O)C(O)C(O)C1OC(=O)CCCCCCCCCCC/C=C\C/C=C\CCCCC. The second-order valence-corrected chi connectivity index (χ2v) is 22.0. The second-order valence-electron chi connectivity index (χ2n) is 22.0. The highest BCUT2D eigenvalue weighted by Crippen LogP contribution is 2.26. The predicted molar refractivity (Wildman–Crippen MR) is 331 cm³/mol. The molecule has 1 rings (SSSR count). The number of aliphatic hydroxyl groups is 2. The summed E-state index contributed by atoms with van der Waals surface area (Å²) in [5, 5.41) is 31.6. The van der Waals surface area contributed by atoms with E-state index in [4.69, 9.17) is 23.7 Å². The third kappa shape index (κ3) is 46.0. The van der Waals surface area contributed by atoms with Crippen LogP contribution in [0.1, 0.15) is 278 Å². The molecule has 464 valence electrons. The Morgan fingerprint density at radius 2 is 0.778 bits per heavy atom. The number of aliphatic hydroxyl groups excluding tert-OH is 2. The molecule has 0 aliphatic carbocycles. The number of carbonyl (C=O) groups excluding carboxylic acids is 3. The molecule has 0 aromatic rings. The largest absolute Gasteiger partial charge is 0.479 e. The first kappa shape index (κ1) is 74.9. The summed E-state index contributed by atoms with van der Waals surface area (Å²) in [6, 6.07) is 0. The van der Waals surface area contributed by atoms with Crippen molar-refractivity contribution in [1.29, 1.82) is 0 Å². The molecule has 0 aromatic heterocycles. The van der Waals surface area contributed by atoms with Crippen LogP contribution in [0.15, 0.2) is 85.1 Å². The monoisotopic (exact) mass is 1140 g/mol. The third-order valence-electron chi connectivity index (χ3n) is 14.4. The first-order valence-corrected chi connectivity index (χ1v) is 32.6. The summed E-state index contributed by atoms with van der Waals surface area (Å²) in [7, 11) is 0. The van der Waals surface area contributed by atoms with E-state index in [0.29, 0.717) is 19.3 Å². The molecule has 6 unspecified atom stereocenters. The summed E-state index contributed by atoms with van der Waals surface area (Å²) in [5.74, 6) is -3.18. The fraction of sp³-hybridized carbons (Fsp3) is 0.739. The van der Waals surface area contributed by atoms with Gasteiger partial charge in [0.05, 0.1) is 6.61 Å². The molecular formula is C69H116O12. The van der Waals surface area contributed by atoms with Crippen molar-refractivity contribution in [3.63, 3.8) is 0 Å². The summed E-state index contributed by atoms with van der Waals surface area (Å²) in [6.07, 6.45) is 61.1. The summed E-state index contributed by atoms with van der Waals surface area (Å²) in [5.41, 5.74) is 0. The van der Waals surface area contributed by atoms with Gasteiger partial charge in [-0.15, -0.1) is 0 Å². The van der Waals surface area contributed by atoms with Crippen molar-refractivity contribution in [2.24, 2.45) is 0 Å². The zero-order valence-electron chi connectivity index (χ0n) is 51.3. The normalized spacial score (nSPS) is 18.3. The number of carbonyl (C=O) groups is 4. The van der Waals surface area contributed by atoms with E-state index in [9.17, 15) is 34.5 Å². The van der Waals surface area contributed by atoms with Gasteiger partial charge in [-0.3, -0.25) is 14.4 Å². The van der Waals surface area contributed by atoms with Crippen LogP contribution < -0.4 is 0 Å². The van der Waals surface area contributed by atoms with Crippen LogP contribution in [0.4, 0.5) is 0 Å². The standard InChI is InChI=1S/C69H116O12/c1-4-7-10-13-16-19-22-25-28-30-31-33-36-39-42-45-48-51-54-57-63(72)80-67-65(74)64(73)66(68(75)76)81-69(67)78-59-60(79-62(71)56-53-50-47-44-41-38-34-27-24-21-18-15-12-9-6-3)58-77-61(70)55-52-49-46-43-40-37-35-32-29-26-23-20-17-14-11-8-5-2/h9,12,16,18-19,21,25-29,34,41,44,60,64-67,69,73-74H,4-8,10-11,13-15,17,20,22-24,30-33,35-40,42-43,45-59H2,1-3H3,(H,75,76)/b12-9-,19-16-,21-18-,28-25-,29-26-,34-27-,44-41-. The van der Waals surface area contributed by atoms with Crippen LogP contribution in [0, 0.1) is 0 Å². The molecule has 3 N–H and O–H groups in total. The van der Waals surface area contributed by atoms with Crippen molar-refractivity contribution < 1.29 is 58.2 Å². The minimum absolute atomic E-state index is 0.0479. The lowest BCUT2D eigenvalue weighted by atomic mass is 9.98. The summed E-state index contributed by atoms with van der Waals surface area (Å²) in [6.45, 7) is 5.84. The van der Waals surface area contributed by atoms with Crippen LogP contribution in [-0.2, 0) is 42.9 Å². The van der Waals surface area contributed by atoms with E-state index in [2.05, 4.69) is 106 Å². The summed E-state index contributed by atoms with van der Waals surface area (Å²) in [4.78, 5) is 51.3. The molecule has 1 saturated heterocycles. The molecule has 12 heteroatoms. The van der Waals surface area contributed by atoms with Crippen LogP contribution in [0.2, 0.25) is 0 Å². The molecule has 12 nitrogen and oxygen atoms in total. The van der Waals surface area contributed by atoms with E-state index < -0.39 is 67.3 Å². The van der Waals surface area contributed by atoms with Crippen molar-refractivity contribution in [3.8, 4) is 0 Å². The number of unbranched alkanes of at least 4 members (excludes halogenated alkanes) is 27. The van der Waals surface area contributed by atoms with Crippen LogP contribution in [0.5, 0.6) is 0 Å². The van der Waals surface area contributed by atoms with Crippen molar-refractivity contribution in [2.75, 3.05) is 13.2 Å². The highest BCUT2D eigenvalue weighted by molar-refractivity contribution is 5.74. The lowest BCUT2D eigenvalue weighted by Gasteiger charge is -2.40. The van der Waals surface area contributed by atoms with Gasteiger partial charge in [-0.2, -0.15) is 0 Å². The zero-order chi connectivity index (χ0) is 58.9. The number of hydrogen-bond donors (Lipinski definition) is 3. The Labute approximate surface area is 492 Å². The van der Waals surface area contributed by atoms with Crippen molar-refractivity contribution in [2.45, 2.75) is 314 Å². The Kier molecular flexibility index (Phi) is 52.1. The third-order valence-corrected chi connectivity index (χ3v) is 14.4. The average Bonchev–Trinajstić information content (AvgIpc) is 3.52. The molecule has 0 amide bonds. The van der Waals surface area contributed by atoms with E-state index in [1.807, 2.05) is 0 Å². The van der Waals surface area contributed by atoms with Crippen molar-refractivity contribution in [3.05, 3.63) is 85.1 Å². The van der Waals surface area contributed by atoms with Gasteiger partial charge in [0.25, 0.3) is 0 Å². The van der Waals surface area contributed by atoms with Crippen LogP contribution in [-0.4, -0.2) is 89.2 Å². The Hall–Kier alpha value is -4.10. The van der Waals surface area contributed by atoms with Gasteiger partial charge in [-0.1, -0.05) is 228 Å². The maximum absolute atomic E-state index is 13.2. The number of aliphatic carboxylic acids is 1. The Balaban J connectivity index is 2.68. The first-order chi connectivity index (χ1) is 39.6. The number of rotatable bonds is 55. The van der Waals surface area contributed by atoms with Gasteiger partial charge in [-0.05, 0) is 116 Å². The van der Waals surface area contributed by atoms with Crippen LogP contribution in [0.25, 0.3) is 0 Å². The predicted octanol–water partition coefficient (Wildman–Crippen LogP) is 17.5. The summed E-state index contributed by atoms with van der Waals surface area (Å²) >= 11 is 0. The maximum atomic E-state index is 13.2. The van der Waals surface area contributed by atoms with E-state index in [-0.39, 0.29) is 25.9 Å². The van der Waals surface area contributed by atoms with E-state index in [1.54, 1.807) is 0 Å². The average molecular weight is 1140 g/mol. The number of allylic oxidation sites excluding steroid dienone is 14. The minimum Gasteiger partial charge on any atom is -0.479 e. The number of esters is 3. The van der Waals surface area contributed by atoms with Crippen LogP contribution in [0.3, 0.4) is 0 Å². The van der Waals surface area contributed by atoms with Gasteiger partial charge in [0, 0.05) is 19.3 Å². The summed E-state index contributed by atoms with van der Waals surface area (Å²) < 4.78 is 28.5. The molecule has 81 heavy (non-hydrogen) atoms. The molecule has 6 atom stereocenters. The highest BCUT2D eigenvalue weighted by atomic mass is 16.7. The van der Waals surface area contributed by atoms with Crippen molar-refractivity contribution >= 4 is 23.9 Å². The molecule has 0 radical (unpaired) electrons. The van der Waals surface area contributed by atoms with Gasteiger partial charge >= 0.3 is 23.9 Å². The lowest BCUT2D eigenvalue weighted by molar-refractivity contribution is -0.301. The lowest BCUT2D eigenvalue weighted by Crippen LogP contribution is -2.61. The number of carboxylic acid groups (broad SMARTS) is 1. The molecule has 0 aromatic carbocycles. The molecule has 1 fully saturated rings. The molecule has 1 aliphatic rings. The van der Waals surface area contributed by atoms with E-state index >= 15 is 0 Å².